The van der Waals surface area contributed by atoms with Gasteiger partial charge in [-0.3, -0.25) is 9.48 Å². The summed E-state index contributed by atoms with van der Waals surface area (Å²) in [6.45, 7) is 0. The van der Waals surface area contributed by atoms with E-state index in [-0.39, 0.29) is 5.69 Å². The summed E-state index contributed by atoms with van der Waals surface area (Å²) in [6.07, 6.45) is -9.62. The monoisotopic (exact) mass is 431 g/mol. The summed E-state index contributed by atoms with van der Waals surface area (Å²) in [4.78, 5) is 12.4. The number of hydrogen-bond donors (Lipinski definition) is 1. The molecule has 0 aliphatic rings. The number of carbonyl (C=O) groups is 1. The molecule has 0 bridgehead atoms. The highest BCUT2D eigenvalue weighted by Gasteiger charge is 2.36. The molecule has 0 unspecified atom stereocenters. The van der Waals surface area contributed by atoms with E-state index in [1.54, 1.807) is 0 Å². The van der Waals surface area contributed by atoms with Crippen molar-refractivity contribution in [3.05, 3.63) is 71.2 Å². The summed E-state index contributed by atoms with van der Waals surface area (Å²) in [5.74, 6) is -2.29. The number of benzene rings is 2. The smallest absolute Gasteiger partial charge is 0.320 e. The standard InChI is InChI=1S/C19H12F7N3O/c1-29-15(16-11(19(24,25)26)6-4-7-12(16)20)9-14(28-29)17(30)27-13-8-3-2-5-10(13)18(21,22)23/h2-9H,1H3,(H,27,30). The first-order valence-electron chi connectivity index (χ1n) is 8.27. The Labute approximate surface area is 164 Å². The molecule has 11 heteroatoms. The van der Waals surface area contributed by atoms with Crippen molar-refractivity contribution < 1.29 is 35.5 Å². The number of carbonyl (C=O) groups excluding carboxylic acids is 1. The van der Waals surface area contributed by atoms with Crippen molar-refractivity contribution in [2.24, 2.45) is 7.05 Å². The second-order valence-corrected chi connectivity index (χ2v) is 6.20. The van der Waals surface area contributed by atoms with Crippen LogP contribution in [0, 0.1) is 5.82 Å². The van der Waals surface area contributed by atoms with Crippen molar-refractivity contribution in [1.29, 1.82) is 0 Å². The van der Waals surface area contributed by atoms with E-state index in [4.69, 9.17) is 0 Å². The third-order valence-corrected chi connectivity index (χ3v) is 4.17. The average Bonchev–Trinajstić information content (AvgIpc) is 3.02. The Morgan fingerprint density at radius 1 is 0.933 bits per heavy atom. The van der Waals surface area contributed by atoms with Crippen LogP contribution in [0.5, 0.6) is 0 Å². The number of hydrogen-bond acceptors (Lipinski definition) is 2. The minimum atomic E-state index is -4.88. The van der Waals surface area contributed by atoms with Crippen LogP contribution in [0.2, 0.25) is 0 Å². The van der Waals surface area contributed by atoms with Crippen LogP contribution in [-0.4, -0.2) is 15.7 Å². The summed E-state index contributed by atoms with van der Waals surface area (Å²) in [5.41, 5.74) is -4.61. The molecule has 1 N–H and O–H groups in total. The molecule has 1 heterocycles. The third kappa shape index (κ3) is 4.14. The number of amides is 1. The Bertz CT molecular complexity index is 1100. The highest BCUT2D eigenvalue weighted by molar-refractivity contribution is 6.04. The summed E-state index contributed by atoms with van der Waals surface area (Å²) in [6, 6.07) is 7.43. The van der Waals surface area contributed by atoms with E-state index in [0.29, 0.717) is 6.07 Å². The first-order valence-corrected chi connectivity index (χ1v) is 8.27. The zero-order valence-corrected chi connectivity index (χ0v) is 15.1. The van der Waals surface area contributed by atoms with Crippen molar-refractivity contribution in [2.45, 2.75) is 12.4 Å². The topological polar surface area (TPSA) is 46.9 Å². The Balaban J connectivity index is 2.01. The Morgan fingerprint density at radius 3 is 2.17 bits per heavy atom. The van der Waals surface area contributed by atoms with Gasteiger partial charge in [0.25, 0.3) is 5.91 Å². The molecule has 0 saturated heterocycles. The summed E-state index contributed by atoms with van der Waals surface area (Å²) >= 11 is 0. The van der Waals surface area contributed by atoms with Crippen LogP contribution in [0.15, 0.2) is 48.5 Å². The van der Waals surface area contributed by atoms with E-state index in [2.05, 4.69) is 5.10 Å². The van der Waals surface area contributed by atoms with Crippen molar-refractivity contribution in [3.63, 3.8) is 0 Å². The van der Waals surface area contributed by atoms with Gasteiger partial charge in [-0.1, -0.05) is 18.2 Å². The van der Waals surface area contributed by atoms with E-state index in [1.165, 1.54) is 13.1 Å². The summed E-state index contributed by atoms with van der Waals surface area (Å²) in [7, 11) is 1.18. The van der Waals surface area contributed by atoms with Gasteiger partial charge in [-0.15, -0.1) is 0 Å². The molecule has 1 amide bonds. The van der Waals surface area contributed by atoms with E-state index in [1.807, 2.05) is 5.32 Å². The largest absolute Gasteiger partial charge is 0.418 e. The molecule has 4 nitrogen and oxygen atoms in total. The molecule has 30 heavy (non-hydrogen) atoms. The first-order chi connectivity index (χ1) is 13.9. The van der Waals surface area contributed by atoms with Gasteiger partial charge in [-0.25, -0.2) is 4.39 Å². The quantitative estimate of drug-likeness (QED) is 0.556. The average molecular weight is 431 g/mol. The van der Waals surface area contributed by atoms with Crippen molar-refractivity contribution in [2.75, 3.05) is 5.32 Å². The van der Waals surface area contributed by atoms with Gasteiger partial charge in [0.05, 0.1) is 22.5 Å². The normalized spacial score (nSPS) is 12.1. The van der Waals surface area contributed by atoms with E-state index in [9.17, 15) is 35.5 Å². The number of alkyl halides is 6. The van der Waals surface area contributed by atoms with E-state index >= 15 is 0 Å². The lowest BCUT2D eigenvalue weighted by molar-refractivity contribution is -0.137. The fourth-order valence-corrected chi connectivity index (χ4v) is 2.86. The van der Waals surface area contributed by atoms with Gasteiger partial charge in [0.15, 0.2) is 5.69 Å². The van der Waals surface area contributed by atoms with E-state index < -0.39 is 52.1 Å². The van der Waals surface area contributed by atoms with Crippen LogP contribution in [0.3, 0.4) is 0 Å². The van der Waals surface area contributed by atoms with Crippen LogP contribution >= 0.6 is 0 Å². The lowest BCUT2D eigenvalue weighted by atomic mass is 10.0. The molecule has 2 aromatic carbocycles. The lowest BCUT2D eigenvalue weighted by Crippen LogP contribution is -2.17. The number of rotatable bonds is 3. The number of aryl methyl sites for hydroxylation is 1. The molecule has 0 aliphatic heterocycles. The first kappa shape index (κ1) is 21.3. The maximum Gasteiger partial charge on any atom is 0.418 e. The number of nitrogens with one attached hydrogen (secondary N) is 1. The fraction of sp³-hybridized carbons (Fsp3) is 0.158. The van der Waals surface area contributed by atoms with Gasteiger partial charge in [-0.2, -0.15) is 31.4 Å². The fourth-order valence-electron chi connectivity index (χ4n) is 2.86. The molecular weight excluding hydrogens is 419 g/mol. The molecule has 0 saturated carbocycles. The number of aromatic nitrogens is 2. The molecule has 0 spiro atoms. The SMILES string of the molecule is Cn1nc(C(=O)Nc2ccccc2C(F)(F)F)cc1-c1c(F)cccc1C(F)(F)F. The maximum atomic E-state index is 14.2. The lowest BCUT2D eigenvalue weighted by Gasteiger charge is -2.13. The van der Waals surface area contributed by atoms with Crippen LogP contribution in [0.4, 0.5) is 36.4 Å². The summed E-state index contributed by atoms with van der Waals surface area (Å²) in [5, 5.41) is 5.76. The highest BCUT2D eigenvalue weighted by Crippen LogP contribution is 2.39. The van der Waals surface area contributed by atoms with E-state index in [0.717, 1.165) is 41.1 Å². The number of anilines is 1. The zero-order valence-electron chi connectivity index (χ0n) is 15.1. The zero-order chi connectivity index (χ0) is 22.3. The summed E-state index contributed by atoms with van der Waals surface area (Å²) < 4.78 is 94.1. The maximum absolute atomic E-state index is 14.2. The molecule has 0 atom stereocenters. The molecule has 0 fully saturated rings. The number of halogens is 7. The Morgan fingerprint density at radius 2 is 1.53 bits per heavy atom. The molecule has 0 aliphatic carbocycles. The molecule has 0 radical (unpaired) electrons. The van der Waals surface area contributed by atoms with Crippen LogP contribution in [-0.2, 0) is 19.4 Å². The minimum Gasteiger partial charge on any atom is -0.320 e. The van der Waals surface area contributed by atoms with Gasteiger partial charge in [0, 0.05) is 12.6 Å². The Kier molecular flexibility index (Phi) is 5.31. The van der Waals surface area contributed by atoms with Crippen LogP contribution < -0.4 is 5.32 Å². The van der Waals surface area contributed by atoms with Crippen molar-refractivity contribution >= 4 is 11.6 Å². The van der Waals surface area contributed by atoms with Crippen molar-refractivity contribution in [1.82, 2.24) is 9.78 Å². The minimum absolute atomic E-state index is 0.366. The second kappa shape index (κ2) is 7.47. The number of nitrogens with zero attached hydrogens (tertiary/aromatic N) is 2. The third-order valence-electron chi connectivity index (χ3n) is 4.17. The predicted octanol–water partition coefficient (Wildman–Crippen LogP) is 5.52. The van der Waals surface area contributed by atoms with Gasteiger partial charge in [0.1, 0.15) is 5.82 Å². The van der Waals surface area contributed by atoms with Gasteiger partial charge in [0.2, 0.25) is 0 Å². The highest BCUT2D eigenvalue weighted by atomic mass is 19.4. The predicted molar refractivity (Wildman–Crippen MR) is 93.0 cm³/mol. The number of para-hydroxylation sites is 1. The van der Waals surface area contributed by atoms with Gasteiger partial charge in [-0.05, 0) is 30.3 Å². The molecule has 3 aromatic rings. The van der Waals surface area contributed by atoms with Crippen molar-refractivity contribution in [3.8, 4) is 11.3 Å². The molecular formula is C19H12F7N3O. The molecule has 1 aromatic heterocycles. The van der Waals surface area contributed by atoms with Gasteiger partial charge >= 0.3 is 12.4 Å². The van der Waals surface area contributed by atoms with Crippen LogP contribution in [0.25, 0.3) is 11.3 Å². The second-order valence-electron chi connectivity index (χ2n) is 6.20. The van der Waals surface area contributed by atoms with Crippen LogP contribution in [0.1, 0.15) is 21.6 Å². The molecule has 158 valence electrons. The molecule has 3 rings (SSSR count). The van der Waals surface area contributed by atoms with Gasteiger partial charge < -0.3 is 5.32 Å². The Hall–Kier alpha value is -3.37.